The predicted molar refractivity (Wildman–Crippen MR) is 66.5 cm³/mol. The molecule has 0 rings (SSSR count). The molecule has 5 heteroatoms. The normalized spacial score (nSPS) is 15.5. The van der Waals surface area contributed by atoms with Gasteiger partial charge in [-0.2, -0.15) is 0 Å². The molecule has 0 aliphatic rings. The molecule has 0 heterocycles. The molecule has 0 aromatic heterocycles. The molecule has 100 valence electrons. The quantitative estimate of drug-likeness (QED) is 0.672. The summed E-state index contributed by atoms with van der Waals surface area (Å²) in [4.78, 5) is 22.5. The lowest BCUT2D eigenvalue weighted by atomic mass is 9.86. The fraction of sp³-hybridized carbons (Fsp3) is 0.833. The first-order valence-corrected chi connectivity index (χ1v) is 5.83. The summed E-state index contributed by atoms with van der Waals surface area (Å²) >= 11 is 0. The van der Waals surface area contributed by atoms with E-state index in [2.05, 4.69) is 5.32 Å². The van der Waals surface area contributed by atoms with Crippen LogP contribution in [0.4, 0.5) is 0 Å². The molecule has 2 atom stereocenters. The van der Waals surface area contributed by atoms with Crippen molar-refractivity contribution >= 4 is 11.9 Å². The Bertz CT molecular complexity index is 282. The van der Waals surface area contributed by atoms with E-state index in [1.807, 2.05) is 34.6 Å². The van der Waals surface area contributed by atoms with Crippen LogP contribution >= 0.6 is 0 Å². The molecule has 0 aromatic carbocycles. The van der Waals surface area contributed by atoms with Crippen molar-refractivity contribution < 1.29 is 14.7 Å². The number of hydrogen-bond acceptors (Lipinski definition) is 3. The first-order valence-electron chi connectivity index (χ1n) is 5.83. The van der Waals surface area contributed by atoms with Crippen LogP contribution in [0.25, 0.3) is 0 Å². The molecular weight excluding hydrogens is 220 g/mol. The second-order valence-corrected chi connectivity index (χ2v) is 5.80. The van der Waals surface area contributed by atoms with E-state index < -0.39 is 12.0 Å². The molecule has 1 amide bonds. The Hall–Kier alpha value is -1.10. The van der Waals surface area contributed by atoms with E-state index in [0.29, 0.717) is 0 Å². The molecule has 0 aliphatic heterocycles. The average molecular weight is 244 g/mol. The number of rotatable bonds is 5. The van der Waals surface area contributed by atoms with Gasteiger partial charge in [-0.1, -0.05) is 34.6 Å². The van der Waals surface area contributed by atoms with Crippen LogP contribution in [0.5, 0.6) is 0 Å². The molecule has 0 aliphatic carbocycles. The van der Waals surface area contributed by atoms with Gasteiger partial charge in [0, 0.05) is 6.04 Å². The minimum Gasteiger partial charge on any atom is -0.481 e. The summed E-state index contributed by atoms with van der Waals surface area (Å²) in [6, 6.07) is -1.02. The lowest BCUT2D eigenvalue weighted by Crippen LogP contribution is -2.52. The second-order valence-electron chi connectivity index (χ2n) is 5.80. The van der Waals surface area contributed by atoms with E-state index in [-0.39, 0.29) is 29.7 Å². The van der Waals surface area contributed by atoms with Gasteiger partial charge in [-0.05, 0) is 11.3 Å². The van der Waals surface area contributed by atoms with Crippen molar-refractivity contribution in [3.05, 3.63) is 0 Å². The van der Waals surface area contributed by atoms with E-state index in [1.165, 1.54) is 0 Å². The van der Waals surface area contributed by atoms with Crippen molar-refractivity contribution in [2.45, 2.75) is 53.1 Å². The van der Waals surface area contributed by atoms with Gasteiger partial charge in [0.25, 0.3) is 0 Å². The summed E-state index contributed by atoms with van der Waals surface area (Å²) in [6.07, 6.45) is -0.0831. The highest BCUT2D eigenvalue weighted by atomic mass is 16.4. The van der Waals surface area contributed by atoms with Gasteiger partial charge >= 0.3 is 5.97 Å². The summed E-state index contributed by atoms with van der Waals surface area (Å²) in [6.45, 7) is 9.36. The van der Waals surface area contributed by atoms with E-state index in [0.717, 1.165) is 0 Å². The maximum Gasteiger partial charge on any atom is 0.305 e. The topological polar surface area (TPSA) is 92.4 Å². The third-order valence-electron chi connectivity index (χ3n) is 2.74. The number of carboxylic acids is 1. The molecule has 0 fully saturated rings. The highest BCUT2D eigenvalue weighted by Gasteiger charge is 2.30. The number of aliphatic carboxylic acids is 1. The Morgan fingerprint density at radius 3 is 2.06 bits per heavy atom. The molecule has 0 saturated heterocycles. The Balaban J connectivity index is 4.56. The summed E-state index contributed by atoms with van der Waals surface area (Å²) < 4.78 is 0. The molecule has 0 aromatic rings. The Morgan fingerprint density at radius 2 is 1.76 bits per heavy atom. The van der Waals surface area contributed by atoms with E-state index in [9.17, 15) is 9.59 Å². The summed E-state index contributed by atoms with van der Waals surface area (Å²) in [5.74, 6) is -1.16. The van der Waals surface area contributed by atoms with Crippen LogP contribution in [0.3, 0.4) is 0 Å². The summed E-state index contributed by atoms with van der Waals surface area (Å²) in [7, 11) is 0. The molecule has 0 spiro atoms. The highest BCUT2D eigenvalue weighted by molar-refractivity contribution is 5.83. The molecule has 4 N–H and O–H groups in total. The van der Waals surface area contributed by atoms with Gasteiger partial charge in [-0.25, -0.2) is 0 Å². The van der Waals surface area contributed by atoms with Crippen molar-refractivity contribution in [3.8, 4) is 0 Å². The molecule has 1 unspecified atom stereocenters. The molecule has 17 heavy (non-hydrogen) atoms. The third kappa shape index (κ3) is 5.68. The minimum absolute atomic E-state index is 0.0576. The third-order valence-corrected chi connectivity index (χ3v) is 2.74. The van der Waals surface area contributed by atoms with E-state index >= 15 is 0 Å². The van der Waals surface area contributed by atoms with Crippen LogP contribution < -0.4 is 11.1 Å². The fourth-order valence-electron chi connectivity index (χ4n) is 1.31. The zero-order valence-corrected chi connectivity index (χ0v) is 11.3. The fourth-order valence-corrected chi connectivity index (χ4v) is 1.31. The first-order chi connectivity index (χ1) is 7.55. The van der Waals surface area contributed by atoms with Gasteiger partial charge < -0.3 is 16.2 Å². The molecule has 5 nitrogen and oxygen atoms in total. The van der Waals surface area contributed by atoms with Crippen LogP contribution in [0.1, 0.15) is 41.0 Å². The van der Waals surface area contributed by atoms with Gasteiger partial charge in [0.2, 0.25) is 5.91 Å². The smallest absolute Gasteiger partial charge is 0.305 e. The van der Waals surface area contributed by atoms with Crippen molar-refractivity contribution in [2.24, 2.45) is 17.1 Å². The van der Waals surface area contributed by atoms with Crippen molar-refractivity contribution in [2.75, 3.05) is 0 Å². The Morgan fingerprint density at radius 1 is 1.29 bits per heavy atom. The van der Waals surface area contributed by atoms with Crippen LogP contribution in [-0.4, -0.2) is 29.1 Å². The van der Waals surface area contributed by atoms with Crippen molar-refractivity contribution in [1.29, 1.82) is 0 Å². The van der Waals surface area contributed by atoms with Crippen LogP contribution in [0.15, 0.2) is 0 Å². The van der Waals surface area contributed by atoms with Gasteiger partial charge in [-0.15, -0.1) is 0 Å². The minimum atomic E-state index is -0.923. The highest BCUT2D eigenvalue weighted by Crippen LogP contribution is 2.18. The summed E-state index contributed by atoms with van der Waals surface area (Å²) in [5.41, 5.74) is 5.48. The van der Waals surface area contributed by atoms with Crippen LogP contribution in [0, 0.1) is 11.3 Å². The first kappa shape index (κ1) is 15.9. The Labute approximate surface area is 103 Å². The molecule has 0 radical (unpaired) electrons. The van der Waals surface area contributed by atoms with E-state index in [1.54, 1.807) is 0 Å². The summed E-state index contributed by atoms with van der Waals surface area (Å²) in [5, 5.41) is 11.5. The van der Waals surface area contributed by atoms with Crippen LogP contribution in [-0.2, 0) is 9.59 Å². The maximum atomic E-state index is 11.9. The number of carbonyl (C=O) groups is 2. The second kappa shape index (κ2) is 6.00. The zero-order chi connectivity index (χ0) is 13.8. The maximum absolute atomic E-state index is 11.9. The lowest BCUT2D eigenvalue weighted by Gasteiger charge is -2.29. The monoisotopic (exact) mass is 244 g/mol. The number of amides is 1. The van der Waals surface area contributed by atoms with Gasteiger partial charge in [-0.3, -0.25) is 9.59 Å². The van der Waals surface area contributed by atoms with E-state index in [4.69, 9.17) is 10.8 Å². The number of carboxylic acid groups (broad SMARTS) is 1. The number of nitrogens with one attached hydrogen (secondary N) is 1. The standard InChI is InChI=1S/C12H24N2O3/c1-7(2)8(6-9(15)16)14-11(17)10(13)12(3,4)5/h7-8,10H,6,13H2,1-5H3,(H,14,17)(H,15,16)/t8?,10-/m1/s1. The molecule has 0 saturated carbocycles. The molecular formula is C12H24N2O3. The number of hydrogen-bond donors (Lipinski definition) is 3. The van der Waals surface area contributed by atoms with Gasteiger partial charge in [0.05, 0.1) is 12.5 Å². The van der Waals surface area contributed by atoms with Gasteiger partial charge in [0.15, 0.2) is 0 Å². The average Bonchev–Trinajstić information content (AvgIpc) is 2.13. The van der Waals surface area contributed by atoms with Gasteiger partial charge in [0.1, 0.15) is 0 Å². The van der Waals surface area contributed by atoms with Crippen LogP contribution in [0.2, 0.25) is 0 Å². The largest absolute Gasteiger partial charge is 0.481 e. The Kier molecular flexibility index (Phi) is 5.61. The van der Waals surface area contributed by atoms with Crippen molar-refractivity contribution in [1.82, 2.24) is 5.32 Å². The van der Waals surface area contributed by atoms with Crippen molar-refractivity contribution in [3.63, 3.8) is 0 Å². The number of nitrogens with two attached hydrogens (primary N) is 1. The zero-order valence-electron chi connectivity index (χ0n) is 11.3. The molecule has 0 bridgehead atoms. The SMILES string of the molecule is CC(C)C(CC(=O)O)NC(=O)[C@@H](N)C(C)(C)C. The predicted octanol–water partition coefficient (Wildman–Crippen LogP) is 0.975. The number of carbonyl (C=O) groups excluding carboxylic acids is 1. The lowest BCUT2D eigenvalue weighted by molar-refractivity contribution is -0.138.